The summed E-state index contributed by atoms with van der Waals surface area (Å²) in [5.74, 6) is 0.0880. The van der Waals surface area contributed by atoms with Gasteiger partial charge in [-0.25, -0.2) is 4.98 Å². The number of hydrogen-bond acceptors (Lipinski definition) is 4. The van der Waals surface area contributed by atoms with Gasteiger partial charge in [0.05, 0.1) is 5.01 Å². The number of carbonyl (C=O) groups is 1. The van der Waals surface area contributed by atoms with Crippen molar-refractivity contribution in [1.82, 2.24) is 15.2 Å². The second-order valence-electron chi connectivity index (χ2n) is 4.20. The van der Waals surface area contributed by atoms with E-state index in [1.807, 2.05) is 17.9 Å². The third-order valence-electron chi connectivity index (χ3n) is 2.81. The molecule has 1 fully saturated rings. The van der Waals surface area contributed by atoms with Gasteiger partial charge in [0.25, 0.3) is 0 Å². The van der Waals surface area contributed by atoms with Crippen molar-refractivity contribution in [3.8, 4) is 0 Å². The highest BCUT2D eigenvalue weighted by atomic mass is 35.5. The molecule has 1 aromatic rings. The van der Waals surface area contributed by atoms with Crippen LogP contribution in [0.25, 0.3) is 6.08 Å². The monoisotopic (exact) mass is 323 g/mol. The molecule has 1 amide bonds. The maximum Gasteiger partial charge on any atom is 0.246 e. The van der Waals surface area contributed by atoms with E-state index < -0.39 is 0 Å². The fourth-order valence-electron chi connectivity index (χ4n) is 1.87. The van der Waals surface area contributed by atoms with Crippen molar-refractivity contribution in [3.63, 3.8) is 0 Å². The van der Waals surface area contributed by atoms with E-state index in [0.717, 1.165) is 29.5 Å². The van der Waals surface area contributed by atoms with E-state index in [1.54, 1.807) is 23.6 Å². The highest BCUT2D eigenvalue weighted by molar-refractivity contribution is 7.12. The molecule has 0 bridgehead atoms. The summed E-state index contributed by atoms with van der Waals surface area (Å²) < 4.78 is 0. The number of piperazine rings is 1. The molecular weight excluding hydrogens is 305 g/mol. The Morgan fingerprint density at radius 1 is 1.58 bits per heavy atom. The molecule has 1 aliphatic heterocycles. The minimum absolute atomic E-state index is 0. The number of amides is 1. The van der Waals surface area contributed by atoms with Crippen LogP contribution in [0.5, 0.6) is 0 Å². The van der Waals surface area contributed by atoms with Gasteiger partial charge in [0.15, 0.2) is 0 Å². The predicted molar refractivity (Wildman–Crippen MR) is 84.4 cm³/mol. The largest absolute Gasteiger partial charge is 0.334 e. The summed E-state index contributed by atoms with van der Waals surface area (Å²) in [6.07, 6.45) is 5.29. The zero-order valence-electron chi connectivity index (χ0n) is 11.0. The smallest absolute Gasteiger partial charge is 0.246 e. The van der Waals surface area contributed by atoms with Crippen LogP contribution in [0, 0.1) is 6.92 Å². The molecule has 0 saturated carbocycles. The molecule has 0 aliphatic carbocycles. The summed E-state index contributed by atoms with van der Waals surface area (Å²) in [7, 11) is 0. The second-order valence-corrected chi connectivity index (χ2v) is 5.47. The van der Waals surface area contributed by atoms with Gasteiger partial charge in [0.2, 0.25) is 5.91 Å². The van der Waals surface area contributed by atoms with Crippen LogP contribution < -0.4 is 5.32 Å². The first-order valence-electron chi connectivity index (χ1n) is 5.78. The van der Waals surface area contributed by atoms with E-state index in [9.17, 15) is 4.79 Å². The van der Waals surface area contributed by atoms with Crippen molar-refractivity contribution in [2.24, 2.45) is 0 Å². The number of thiazole rings is 1. The Labute approximate surface area is 130 Å². The molecule has 1 aliphatic rings. The molecule has 1 atom stereocenters. The van der Waals surface area contributed by atoms with E-state index in [-0.39, 0.29) is 36.8 Å². The molecule has 0 radical (unpaired) electrons. The van der Waals surface area contributed by atoms with Gasteiger partial charge in [-0.2, -0.15) is 0 Å². The van der Waals surface area contributed by atoms with Crippen molar-refractivity contribution in [2.45, 2.75) is 19.9 Å². The van der Waals surface area contributed by atoms with Crippen LogP contribution >= 0.6 is 36.2 Å². The minimum atomic E-state index is 0. The van der Waals surface area contributed by atoms with Gasteiger partial charge >= 0.3 is 0 Å². The van der Waals surface area contributed by atoms with Crippen molar-refractivity contribution < 1.29 is 4.79 Å². The van der Waals surface area contributed by atoms with Gasteiger partial charge in [-0.15, -0.1) is 36.2 Å². The van der Waals surface area contributed by atoms with Crippen LogP contribution in [0.3, 0.4) is 0 Å². The Hall–Kier alpha value is -0.620. The molecular formula is C12H19Cl2N3OS. The normalized spacial score (nSPS) is 18.8. The van der Waals surface area contributed by atoms with Crippen LogP contribution in [0.15, 0.2) is 12.3 Å². The maximum atomic E-state index is 12.0. The minimum Gasteiger partial charge on any atom is -0.334 e. The van der Waals surface area contributed by atoms with E-state index in [2.05, 4.69) is 17.2 Å². The summed E-state index contributed by atoms with van der Waals surface area (Å²) in [5, 5.41) is 4.29. The van der Waals surface area contributed by atoms with Crippen LogP contribution in [0.2, 0.25) is 0 Å². The average Bonchev–Trinajstić information content (AvgIpc) is 2.73. The summed E-state index contributed by atoms with van der Waals surface area (Å²) >= 11 is 1.60. The summed E-state index contributed by atoms with van der Waals surface area (Å²) in [5.41, 5.74) is 0. The fraction of sp³-hybridized carbons (Fsp3) is 0.500. The van der Waals surface area contributed by atoms with Gasteiger partial charge < -0.3 is 10.2 Å². The van der Waals surface area contributed by atoms with Crippen LogP contribution in [-0.4, -0.2) is 41.5 Å². The standard InChI is InChI=1S/C12H17N3OS.2ClH/c1-9-7-13-5-6-15(9)12(16)4-3-11-8-14-10(2)17-11;;/h3-4,8-9,13H,5-7H2,1-2H3;2*1H. The van der Waals surface area contributed by atoms with Crippen molar-refractivity contribution in [3.05, 3.63) is 22.2 Å². The second kappa shape index (κ2) is 8.53. The molecule has 1 saturated heterocycles. The quantitative estimate of drug-likeness (QED) is 0.848. The fourth-order valence-corrected chi connectivity index (χ4v) is 2.56. The highest BCUT2D eigenvalue weighted by Crippen LogP contribution is 2.13. The molecule has 1 N–H and O–H groups in total. The number of aryl methyl sites for hydroxylation is 1. The van der Waals surface area contributed by atoms with Crippen LogP contribution in [0.1, 0.15) is 16.8 Å². The van der Waals surface area contributed by atoms with Gasteiger partial charge in [-0.3, -0.25) is 4.79 Å². The molecule has 1 unspecified atom stereocenters. The molecule has 4 nitrogen and oxygen atoms in total. The van der Waals surface area contributed by atoms with E-state index in [4.69, 9.17) is 0 Å². The number of nitrogens with zero attached hydrogens (tertiary/aromatic N) is 2. The maximum absolute atomic E-state index is 12.0. The van der Waals surface area contributed by atoms with Crippen molar-refractivity contribution >= 4 is 48.1 Å². The van der Waals surface area contributed by atoms with Crippen LogP contribution in [0.4, 0.5) is 0 Å². The third kappa shape index (κ3) is 5.10. The number of aromatic nitrogens is 1. The Morgan fingerprint density at radius 2 is 2.32 bits per heavy atom. The Bertz CT molecular complexity index is 436. The molecule has 1 aromatic heterocycles. The molecule has 0 aromatic carbocycles. The van der Waals surface area contributed by atoms with Crippen molar-refractivity contribution in [1.29, 1.82) is 0 Å². The van der Waals surface area contributed by atoms with Gasteiger partial charge in [-0.1, -0.05) is 0 Å². The Kier molecular flexibility index (Phi) is 8.25. The zero-order chi connectivity index (χ0) is 12.3. The number of carbonyl (C=O) groups excluding carboxylic acids is 1. The van der Waals surface area contributed by atoms with Gasteiger partial charge in [0, 0.05) is 42.8 Å². The van der Waals surface area contributed by atoms with Crippen molar-refractivity contribution in [2.75, 3.05) is 19.6 Å². The van der Waals surface area contributed by atoms with E-state index in [1.165, 1.54) is 0 Å². The first-order chi connectivity index (χ1) is 8.16. The predicted octanol–water partition coefficient (Wildman–Crippen LogP) is 2.13. The number of halogens is 2. The van der Waals surface area contributed by atoms with E-state index >= 15 is 0 Å². The molecule has 2 rings (SSSR count). The third-order valence-corrected chi connectivity index (χ3v) is 3.69. The molecule has 0 spiro atoms. The summed E-state index contributed by atoms with van der Waals surface area (Å²) in [4.78, 5) is 19.1. The Morgan fingerprint density at radius 3 is 2.89 bits per heavy atom. The zero-order valence-corrected chi connectivity index (χ0v) is 13.4. The topological polar surface area (TPSA) is 45.2 Å². The lowest BCUT2D eigenvalue weighted by atomic mass is 10.2. The highest BCUT2D eigenvalue weighted by Gasteiger charge is 2.20. The lowest BCUT2D eigenvalue weighted by Gasteiger charge is -2.33. The van der Waals surface area contributed by atoms with E-state index in [0.29, 0.717) is 0 Å². The summed E-state index contributed by atoms with van der Waals surface area (Å²) in [6.45, 7) is 6.56. The first kappa shape index (κ1) is 18.4. The van der Waals surface area contributed by atoms with Crippen LogP contribution in [-0.2, 0) is 4.79 Å². The lowest BCUT2D eigenvalue weighted by molar-refractivity contribution is -0.128. The van der Waals surface area contributed by atoms with Gasteiger partial charge in [-0.05, 0) is 19.9 Å². The Balaban J connectivity index is 0.00000162. The first-order valence-corrected chi connectivity index (χ1v) is 6.60. The number of hydrogen-bond donors (Lipinski definition) is 1. The average molecular weight is 324 g/mol. The van der Waals surface area contributed by atoms with Gasteiger partial charge in [0.1, 0.15) is 0 Å². The number of nitrogens with one attached hydrogen (secondary N) is 1. The SMILES string of the molecule is Cc1ncc(C=CC(=O)N2CCNCC2C)s1.Cl.Cl. The molecule has 7 heteroatoms. The lowest BCUT2D eigenvalue weighted by Crippen LogP contribution is -2.51. The molecule has 108 valence electrons. The number of rotatable bonds is 2. The summed E-state index contributed by atoms with van der Waals surface area (Å²) in [6, 6.07) is 0.268. The molecule has 19 heavy (non-hydrogen) atoms. The molecule has 2 heterocycles.